The van der Waals surface area contributed by atoms with Gasteiger partial charge < -0.3 is 18.9 Å². The van der Waals surface area contributed by atoms with Crippen molar-refractivity contribution in [2.24, 2.45) is 0 Å². The fourth-order valence-corrected chi connectivity index (χ4v) is 14.8. The van der Waals surface area contributed by atoms with Crippen LogP contribution in [0.5, 0.6) is 23.0 Å². The Labute approximate surface area is 456 Å². The molecule has 0 fully saturated rings. The Hall–Kier alpha value is -8.24. The van der Waals surface area contributed by atoms with E-state index in [0.29, 0.717) is 0 Å². The Balaban J connectivity index is 1.20. The van der Waals surface area contributed by atoms with Gasteiger partial charge in [-0.15, -0.1) is 45.3 Å². The van der Waals surface area contributed by atoms with Gasteiger partial charge in [0.1, 0.15) is 23.0 Å². The first-order chi connectivity index (χ1) is 37.4. The lowest BCUT2D eigenvalue weighted by atomic mass is 9.89. The summed E-state index contributed by atoms with van der Waals surface area (Å²) in [6.45, 7) is 0. The van der Waals surface area contributed by atoms with Crippen LogP contribution in [0, 0.1) is 0 Å². The second kappa shape index (κ2) is 20.1. The van der Waals surface area contributed by atoms with E-state index in [4.69, 9.17) is 18.9 Å². The van der Waals surface area contributed by atoms with Gasteiger partial charge in [-0.05, 0) is 235 Å². The summed E-state index contributed by atoms with van der Waals surface area (Å²) in [5.74, 6) is 3.35. The summed E-state index contributed by atoms with van der Waals surface area (Å²) in [7, 11) is 6.87. The molecule has 0 aliphatic heterocycles. The average molecular weight is 1060 g/mol. The highest BCUT2D eigenvalue weighted by molar-refractivity contribution is 7.19. The fraction of sp³-hybridized carbons (Fsp3) is 0.0588. The molecule has 4 heterocycles. The van der Waals surface area contributed by atoms with Crippen LogP contribution in [0.15, 0.2) is 218 Å². The van der Waals surface area contributed by atoms with E-state index in [2.05, 4.69) is 170 Å². The maximum atomic E-state index is 5.58. The zero-order chi connectivity index (χ0) is 51.3. The number of fused-ring (bicyclic) bond motifs is 4. The molecule has 0 amide bonds. The second-order valence-electron chi connectivity index (χ2n) is 18.6. The number of ether oxygens (including phenoxy) is 4. The van der Waals surface area contributed by atoms with Crippen LogP contribution in [0.2, 0.25) is 0 Å². The second-order valence-corrected chi connectivity index (χ2v) is 22.9. The van der Waals surface area contributed by atoms with E-state index in [1.165, 1.54) is 104 Å². The highest BCUT2D eigenvalue weighted by atomic mass is 32.1. The van der Waals surface area contributed by atoms with Crippen LogP contribution in [-0.4, -0.2) is 28.4 Å². The third-order valence-electron chi connectivity index (χ3n) is 14.3. The minimum atomic E-state index is 0.838. The van der Waals surface area contributed by atoms with E-state index in [1.54, 1.807) is 28.4 Å². The molecule has 0 bridgehead atoms. The van der Waals surface area contributed by atoms with Gasteiger partial charge in [0, 0.05) is 60.6 Å². The van der Waals surface area contributed by atoms with Crippen LogP contribution in [-0.2, 0) is 0 Å². The summed E-state index contributed by atoms with van der Waals surface area (Å²) < 4.78 is 22.3. The lowest BCUT2D eigenvalue weighted by Gasteiger charge is -2.16. The molecule has 0 atom stereocenters. The third kappa shape index (κ3) is 8.73. The average Bonchev–Trinajstić information content (AvgIpc) is 4.38. The Bertz CT molecular complexity index is 3860. The van der Waals surface area contributed by atoms with E-state index in [0.717, 1.165) is 45.3 Å². The first-order valence-corrected chi connectivity index (χ1v) is 28.2. The van der Waals surface area contributed by atoms with Crippen LogP contribution >= 0.6 is 45.3 Å². The molecule has 13 rings (SSSR count). The van der Waals surface area contributed by atoms with Crippen LogP contribution < -0.4 is 29.4 Å². The van der Waals surface area contributed by atoms with Crippen LogP contribution in [0.4, 0.5) is 0 Å². The molecule has 0 aliphatic carbocycles. The molecule has 4 aromatic heterocycles. The standard InChI is InChI=1S/C68H48O4S4/c1-69-49-21-13-41(14-22-49)57-29-33-61(73-57)67(62-34-30-58(74-62)42-15-23-50(70-2)24-16-42)65-53-37-45-9-5-7-11-47(45)39-55(53)66(56-40-48-12-8-6-10-46(48)38-54(56)65)68(63-35-31-59(75-63)43-17-25-51(71-3)26-18-43)64-36-32-60(76-64)44-19-27-52(72-4)28-20-44/h5-40H,1-4H3. The van der Waals surface area contributed by atoms with Crippen molar-refractivity contribution < 1.29 is 18.9 Å². The minimum absolute atomic E-state index is 0.838. The van der Waals surface area contributed by atoms with Gasteiger partial charge in [-0.1, -0.05) is 48.5 Å². The fourth-order valence-electron chi connectivity index (χ4n) is 10.4. The number of hydrogen-bond acceptors (Lipinski definition) is 8. The van der Waals surface area contributed by atoms with Gasteiger partial charge in [-0.2, -0.15) is 0 Å². The molecule has 0 N–H and O–H groups in total. The molecule has 76 heavy (non-hydrogen) atoms. The van der Waals surface area contributed by atoms with Crippen LogP contribution in [0.1, 0.15) is 19.5 Å². The molecular weight excluding hydrogens is 1010 g/mol. The van der Waals surface area contributed by atoms with Crippen LogP contribution in [0.3, 0.4) is 0 Å². The predicted octanol–water partition coefficient (Wildman–Crippen LogP) is 17.7. The van der Waals surface area contributed by atoms with Crippen molar-refractivity contribution in [3.63, 3.8) is 0 Å². The molecule has 13 aromatic rings. The number of hydrogen-bond donors (Lipinski definition) is 0. The number of thiophene rings is 4. The van der Waals surface area contributed by atoms with Crippen molar-refractivity contribution in [1.29, 1.82) is 0 Å². The molecule has 9 aromatic carbocycles. The predicted molar refractivity (Wildman–Crippen MR) is 324 cm³/mol. The summed E-state index contributed by atoms with van der Waals surface area (Å²) in [5.41, 5.74) is 7.02. The molecular formula is C68H48O4S4. The summed E-state index contributed by atoms with van der Waals surface area (Å²) >= 11 is 7.35. The smallest absolute Gasteiger partial charge is 0.118 e. The molecule has 0 saturated heterocycles. The van der Waals surface area contributed by atoms with Gasteiger partial charge in [0.2, 0.25) is 0 Å². The van der Waals surface area contributed by atoms with Crippen molar-refractivity contribution in [1.82, 2.24) is 0 Å². The zero-order valence-corrected chi connectivity index (χ0v) is 45.3. The van der Waals surface area contributed by atoms with Gasteiger partial charge in [-0.25, -0.2) is 0 Å². The number of rotatable bonds is 12. The third-order valence-corrected chi connectivity index (χ3v) is 18.9. The Morgan fingerprint density at radius 3 is 0.697 bits per heavy atom. The zero-order valence-electron chi connectivity index (χ0n) is 42.1. The van der Waals surface area contributed by atoms with Crippen molar-refractivity contribution in [3.8, 4) is 64.8 Å². The monoisotopic (exact) mass is 1060 g/mol. The normalized spacial score (nSPS) is 11.4. The number of methoxy groups -OCH3 is 4. The Morgan fingerprint density at radius 1 is 0.263 bits per heavy atom. The first-order valence-electron chi connectivity index (χ1n) is 25.0. The highest BCUT2D eigenvalue weighted by Crippen LogP contribution is 2.43. The Morgan fingerprint density at radius 2 is 0.487 bits per heavy atom. The maximum Gasteiger partial charge on any atom is 0.118 e. The quantitative estimate of drug-likeness (QED) is 0.114. The van der Waals surface area contributed by atoms with Crippen LogP contribution in [0.25, 0.3) is 96.0 Å². The molecule has 0 spiro atoms. The van der Waals surface area contributed by atoms with E-state index in [9.17, 15) is 0 Å². The number of benzene rings is 9. The first kappa shape index (κ1) is 47.5. The lowest BCUT2D eigenvalue weighted by Crippen LogP contribution is -2.20. The van der Waals surface area contributed by atoms with Crippen molar-refractivity contribution in [2.75, 3.05) is 28.4 Å². The molecule has 8 heteroatoms. The molecule has 0 unspecified atom stereocenters. The molecule has 4 nitrogen and oxygen atoms in total. The van der Waals surface area contributed by atoms with E-state index in [-0.39, 0.29) is 0 Å². The topological polar surface area (TPSA) is 36.9 Å². The van der Waals surface area contributed by atoms with Crippen molar-refractivity contribution >= 4 is 99.6 Å². The lowest BCUT2D eigenvalue weighted by molar-refractivity contribution is 0.415. The molecule has 0 radical (unpaired) electrons. The minimum Gasteiger partial charge on any atom is -0.497 e. The van der Waals surface area contributed by atoms with Gasteiger partial charge in [-0.3, -0.25) is 0 Å². The molecule has 368 valence electrons. The summed E-state index contributed by atoms with van der Waals surface area (Å²) in [6, 6.07) is 79.6. The van der Waals surface area contributed by atoms with Gasteiger partial charge in [0.15, 0.2) is 0 Å². The maximum absolute atomic E-state index is 5.58. The SMILES string of the molecule is COc1ccc(-c2ccc(C(c3ccc(-c4ccc(OC)cc4)s3)=c3c4cc5ccccc5cc4c(=C(c4ccc(-c5ccc(OC)cc5)s4)c4ccc(-c5ccc(OC)cc5)s4)c4cc5ccccc5cc34)s2)cc1. The summed E-state index contributed by atoms with van der Waals surface area (Å²) in [4.78, 5) is 9.53. The Kier molecular flexibility index (Phi) is 12.6. The van der Waals surface area contributed by atoms with E-state index >= 15 is 0 Å². The largest absolute Gasteiger partial charge is 0.497 e. The van der Waals surface area contributed by atoms with E-state index in [1.807, 2.05) is 93.9 Å². The summed E-state index contributed by atoms with van der Waals surface area (Å²) in [6.07, 6.45) is 0. The van der Waals surface area contributed by atoms with E-state index < -0.39 is 0 Å². The van der Waals surface area contributed by atoms with Gasteiger partial charge in [0.05, 0.1) is 28.4 Å². The van der Waals surface area contributed by atoms with Crippen molar-refractivity contribution in [2.45, 2.75) is 0 Å². The molecule has 0 saturated carbocycles. The highest BCUT2D eigenvalue weighted by Gasteiger charge is 2.23. The van der Waals surface area contributed by atoms with Crippen molar-refractivity contribution in [3.05, 3.63) is 248 Å². The summed E-state index contributed by atoms with van der Waals surface area (Å²) in [5, 5.41) is 12.0. The van der Waals surface area contributed by atoms with Gasteiger partial charge in [0.25, 0.3) is 0 Å². The van der Waals surface area contributed by atoms with Gasteiger partial charge >= 0.3 is 0 Å². The molecule has 0 aliphatic rings.